The van der Waals surface area contributed by atoms with Crippen molar-refractivity contribution < 1.29 is 5.11 Å². The lowest BCUT2D eigenvalue weighted by atomic mass is 10.3. The summed E-state index contributed by atoms with van der Waals surface area (Å²) in [6.45, 7) is 7.66. The Kier molecular flexibility index (Phi) is 4.98. The van der Waals surface area contributed by atoms with Crippen molar-refractivity contribution in [3.63, 3.8) is 0 Å². The van der Waals surface area contributed by atoms with E-state index in [2.05, 4.69) is 29.1 Å². The van der Waals surface area contributed by atoms with Gasteiger partial charge in [0, 0.05) is 25.3 Å². The van der Waals surface area contributed by atoms with E-state index in [1.807, 2.05) is 17.9 Å². The maximum Gasteiger partial charge on any atom is 0.224 e. The fraction of sp³-hybridized carbons (Fsp3) is 0.636. The maximum atomic E-state index is 9.02. The molecule has 5 nitrogen and oxygen atoms in total. The van der Waals surface area contributed by atoms with Gasteiger partial charge in [-0.15, -0.1) is 0 Å². The largest absolute Gasteiger partial charge is 0.395 e. The Labute approximate surface area is 96.5 Å². The number of rotatable bonds is 6. The van der Waals surface area contributed by atoms with Gasteiger partial charge in [0.2, 0.25) is 5.95 Å². The van der Waals surface area contributed by atoms with Crippen LogP contribution in [0.1, 0.15) is 20.8 Å². The van der Waals surface area contributed by atoms with Crippen LogP contribution in [0.4, 0.5) is 11.8 Å². The molecule has 0 bridgehead atoms. The lowest BCUT2D eigenvalue weighted by Gasteiger charge is -2.27. The molecule has 2 N–H and O–H groups in total. The molecule has 0 radical (unpaired) electrons. The van der Waals surface area contributed by atoms with Crippen LogP contribution in [0, 0.1) is 0 Å². The molecule has 0 fully saturated rings. The molecule has 0 aliphatic rings. The molecule has 1 aromatic rings. The van der Waals surface area contributed by atoms with E-state index in [0.29, 0.717) is 18.5 Å². The highest BCUT2D eigenvalue weighted by molar-refractivity contribution is 5.43. The van der Waals surface area contributed by atoms with E-state index < -0.39 is 0 Å². The zero-order valence-corrected chi connectivity index (χ0v) is 10.1. The predicted octanol–water partition coefficient (Wildman–Crippen LogP) is 1.12. The second kappa shape index (κ2) is 6.27. The van der Waals surface area contributed by atoms with E-state index in [9.17, 15) is 0 Å². The third-order valence-corrected chi connectivity index (χ3v) is 2.23. The Morgan fingerprint density at radius 3 is 2.81 bits per heavy atom. The van der Waals surface area contributed by atoms with E-state index in [-0.39, 0.29) is 6.61 Å². The summed E-state index contributed by atoms with van der Waals surface area (Å²) in [6.07, 6.45) is 1.73. The van der Waals surface area contributed by atoms with Crippen LogP contribution in [-0.4, -0.2) is 40.8 Å². The molecule has 0 atom stereocenters. The number of aromatic nitrogens is 2. The van der Waals surface area contributed by atoms with Gasteiger partial charge in [0.15, 0.2) is 0 Å². The zero-order valence-electron chi connectivity index (χ0n) is 10.1. The molecule has 16 heavy (non-hydrogen) atoms. The van der Waals surface area contributed by atoms with Crippen LogP contribution in [0.15, 0.2) is 12.3 Å². The molecule has 0 aromatic carbocycles. The molecule has 0 aliphatic carbocycles. The molecule has 1 aromatic heterocycles. The molecule has 5 heteroatoms. The van der Waals surface area contributed by atoms with Gasteiger partial charge in [0.25, 0.3) is 0 Å². The van der Waals surface area contributed by atoms with E-state index in [4.69, 9.17) is 5.11 Å². The topological polar surface area (TPSA) is 61.3 Å². The second-order valence-corrected chi connectivity index (χ2v) is 3.78. The molecule has 0 amide bonds. The van der Waals surface area contributed by atoms with Crippen molar-refractivity contribution in [2.45, 2.75) is 26.8 Å². The van der Waals surface area contributed by atoms with Gasteiger partial charge in [-0.3, -0.25) is 0 Å². The van der Waals surface area contributed by atoms with Gasteiger partial charge in [-0.1, -0.05) is 0 Å². The van der Waals surface area contributed by atoms with Crippen molar-refractivity contribution in [1.29, 1.82) is 0 Å². The van der Waals surface area contributed by atoms with Crippen LogP contribution in [0.25, 0.3) is 0 Å². The Morgan fingerprint density at radius 2 is 2.25 bits per heavy atom. The number of hydrogen-bond acceptors (Lipinski definition) is 5. The van der Waals surface area contributed by atoms with E-state index in [1.165, 1.54) is 0 Å². The summed E-state index contributed by atoms with van der Waals surface area (Å²) in [4.78, 5) is 10.6. The van der Waals surface area contributed by atoms with E-state index >= 15 is 0 Å². The Morgan fingerprint density at radius 1 is 1.50 bits per heavy atom. The summed E-state index contributed by atoms with van der Waals surface area (Å²) in [5, 5.41) is 12.1. The lowest BCUT2D eigenvalue weighted by Crippen LogP contribution is -2.34. The first-order valence-electron chi connectivity index (χ1n) is 5.63. The van der Waals surface area contributed by atoms with Crippen molar-refractivity contribution in [2.75, 3.05) is 29.9 Å². The number of nitrogens with zero attached hydrogens (tertiary/aromatic N) is 3. The molecular formula is C11H20N4O. The molecule has 1 rings (SSSR count). The fourth-order valence-electron chi connectivity index (χ4n) is 1.50. The second-order valence-electron chi connectivity index (χ2n) is 3.78. The summed E-state index contributed by atoms with van der Waals surface area (Å²) in [7, 11) is 0. The highest BCUT2D eigenvalue weighted by Crippen LogP contribution is 2.14. The molecule has 0 saturated heterocycles. The predicted molar refractivity (Wildman–Crippen MR) is 65.8 cm³/mol. The monoisotopic (exact) mass is 224 g/mol. The van der Waals surface area contributed by atoms with Crippen LogP contribution in [0.5, 0.6) is 0 Å². The van der Waals surface area contributed by atoms with Crippen molar-refractivity contribution in [2.24, 2.45) is 0 Å². The van der Waals surface area contributed by atoms with Gasteiger partial charge in [0.1, 0.15) is 5.82 Å². The Hall–Kier alpha value is -1.36. The molecular weight excluding hydrogens is 204 g/mol. The molecule has 0 spiro atoms. The normalized spacial score (nSPS) is 10.6. The molecule has 0 unspecified atom stereocenters. The van der Waals surface area contributed by atoms with Crippen molar-refractivity contribution >= 4 is 11.8 Å². The number of aliphatic hydroxyl groups excluding tert-OH is 1. The van der Waals surface area contributed by atoms with Crippen LogP contribution in [0.2, 0.25) is 0 Å². The van der Waals surface area contributed by atoms with Crippen LogP contribution >= 0.6 is 0 Å². The van der Waals surface area contributed by atoms with Gasteiger partial charge < -0.3 is 15.3 Å². The highest BCUT2D eigenvalue weighted by atomic mass is 16.3. The summed E-state index contributed by atoms with van der Waals surface area (Å²) >= 11 is 0. The van der Waals surface area contributed by atoms with Crippen molar-refractivity contribution in [1.82, 2.24) is 9.97 Å². The number of nitrogens with one attached hydrogen (secondary N) is 1. The highest BCUT2D eigenvalue weighted by Gasteiger charge is 2.11. The first kappa shape index (κ1) is 12.7. The quantitative estimate of drug-likeness (QED) is 0.758. The third-order valence-electron chi connectivity index (χ3n) is 2.23. The van der Waals surface area contributed by atoms with Crippen LogP contribution < -0.4 is 10.2 Å². The first-order chi connectivity index (χ1) is 7.69. The summed E-state index contributed by atoms with van der Waals surface area (Å²) < 4.78 is 0. The minimum Gasteiger partial charge on any atom is -0.395 e. The summed E-state index contributed by atoms with van der Waals surface area (Å²) in [5.74, 6) is 1.47. The first-order valence-corrected chi connectivity index (χ1v) is 5.63. The molecule has 0 saturated carbocycles. The Balaban J connectivity index is 2.86. The Bertz CT molecular complexity index is 317. The van der Waals surface area contributed by atoms with E-state index in [1.54, 1.807) is 6.20 Å². The van der Waals surface area contributed by atoms with Gasteiger partial charge in [-0.25, -0.2) is 4.98 Å². The van der Waals surface area contributed by atoms with Gasteiger partial charge in [0.05, 0.1) is 6.61 Å². The zero-order chi connectivity index (χ0) is 12.0. The number of anilines is 2. The average Bonchev–Trinajstić information content (AvgIpc) is 2.26. The maximum absolute atomic E-state index is 9.02. The number of hydrogen-bond donors (Lipinski definition) is 2. The minimum atomic E-state index is 0.124. The fourth-order valence-corrected chi connectivity index (χ4v) is 1.50. The lowest BCUT2D eigenvalue weighted by molar-refractivity contribution is 0.298. The molecule has 0 aliphatic heterocycles. The average molecular weight is 224 g/mol. The van der Waals surface area contributed by atoms with Gasteiger partial charge >= 0.3 is 0 Å². The standard InChI is InChI=1S/C11H20N4O/c1-4-12-11-13-6-5-10(14-11)15(7-8-16)9(2)3/h5-6,9,16H,4,7-8H2,1-3H3,(H,12,13,14). The number of aliphatic hydroxyl groups is 1. The van der Waals surface area contributed by atoms with Crippen LogP contribution in [0.3, 0.4) is 0 Å². The third kappa shape index (κ3) is 3.34. The van der Waals surface area contributed by atoms with Crippen molar-refractivity contribution in [3.05, 3.63) is 12.3 Å². The SMILES string of the molecule is CCNc1nccc(N(CCO)C(C)C)n1. The molecule has 1 heterocycles. The minimum absolute atomic E-state index is 0.124. The van der Waals surface area contributed by atoms with E-state index in [0.717, 1.165) is 12.4 Å². The summed E-state index contributed by atoms with van der Waals surface area (Å²) in [5.41, 5.74) is 0. The van der Waals surface area contributed by atoms with Gasteiger partial charge in [-0.05, 0) is 26.8 Å². The van der Waals surface area contributed by atoms with Crippen molar-refractivity contribution in [3.8, 4) is 0 Å². The summed E-state index contributed by atoms with van der Waals surface area (Å²) in [6, 6.07) is 2.16. The smallest absolute Gasteiger partial charge is 0.224 e. The molecule has 90 valence electrons. The van der Waals surface area contributed by atoms with Crippen LogP contribution in [-0.2, 0) is 0 Å². The van der Waals surface area contributed by atoms with Gasteiger partial charge in [-0.2, -0.15) is 4.98 Å².